The van der Waals surface area contributed by atoms with E-state index in [1.165, 1.54) is 4.90 Å². The summed E-state index contributed by atoms with van der Waals surface area (Å²) in [4.78, 5) is 14.4. The number of sulfone groups is 2. The van der Waals surface area contributed by atoms with Crippen LogP contribution < -0.4 is 0 Å². The topological polar surface area (TPSA) is 88.6 Å². The van der Waals surface area contributed by atoms with Gasteiger partial charge in [-0.3, -0.25) is 4.79 Å². The van der Waals surface area contributed by atoms with Gasteiger partial charge in [-0.15, -0.1) is 0 Å². The number of alkyl halides is 7. The van der Waals surface area contributed by atoms with Crippen LogP contribution in [0.4, 0.5) is 35.1 Å². The molecule has 236 valence electrons. The summed E-state index contributed by atoms with van der Waals surface area (Å²) < 4.78 is 161. The fraction of sp³-hybridized carbons (Fsp3) is 0.519. The largest absolute Gasteiger partial charge is 0.435 e. The molecule has 2 heterocycles. The number of hydrogen-bond donors (Lipinski definition) is 0. The first-order chi connectivity index (χ1) is 19.8. The van der Waals surface area contributed by atoms with Gasteiger partial charge in [-0.25, -0.2) is 25.6 Å². The summed E-state index contributed by atoms with van der Waals surface area (Å²) in [6.07, 6.45) is -13.6. The molecule has 5 rings (SSSR count). The summed E-state index contributed by atoms with van der Waals surface area (Å²) in [5, 5.41) is 0. The van der Waals surface area contributed by atoms with Crippen LogP contribution in [0.1, 0.15) is 42.4 Å². The maximum atomic E-state index is 14.9. The molecule has 0 N–H and O–H groups in total. The SMILES string of the molecule is O=C(C1CCS(=O)(=O)CC1)N1CCC2(S(=O)(=O)c3cccc(F)c3)c3ccc(C(F)(C(F)(F)F)C(F)(F)F)cc3CCC12. The second-order valence-corrected chi connectivity index (χ2v) is 15.6. The van der Waals surface area contributed by atoms with E-state index in [-0.39, 0.29) is 67.3 Å². The molecule has 43 heavy (non-hydrogen) atoms. The van der Waals surface area contributed by atoms with Gasteiger partial charge in [0.05, 0.1) is 22.4 Å². The molecule has 0 bridgehead atoms. The van der Waals surface area contributed by atoms with Crippen LogP contribution in [0.25, 0.3) is 0 Å². The highest BCUT2D eigenvalue weighted by Crippen LogP contribution is 2.57. The van der Waals surface area contributed by atoms with Gasteiger partial charge in [0.2, 0.25) is 5.91 Å². The van der Waals surface area contributed by atoms with Gasteiger partial charge in [0.15, 0.2) is 9.84 Å². The van der Waals surface area contributed by atoms with E-state index in [1.807, 2.05) is 0 Å². The molecule has 3 aliphatic rings. The zero-order chi connectivity index (χ0) is 31.8. The van der Waals surface area contributed by atoms with E-state index in [1.54, 1.807) is 0 Å². The minimum Gasteiger partial charge on any atom is -0.337 e. The molecule has 1 aliphatic carbocycles. The third-order valence-electron chi connectivity index (χ3n) is 8.84. The molecule has 2 saturated heterocycles. The summed E-state index contributed by atoms with van der Waals surface area (Å²) >= 11 is 0. The van der Waals surface area contributed by atoms with Gasteiger partial charge >= 0.3 is 18.0 Å². The highest BCUT2D eigenvalue weighted by molar-refractivity contribution is 7.92. The van der Waals surface area contributed by atoms with E-state index in [0.717, 1.165) is 30.3 Å². The van der Waals surface area contributed by atoms with Crippen molar-refractivity contribution in [2.75, 3.05) is 18.1 Å². The molecule has 2 unspecified atom stereocenters. The molecule has 2 fully saturated rings. The van der Waals surface area contributed by atoms with Crippen molar-refractivity contribution < 1.29 is 56.8 Å². The van der Waals surface area contributed by atoms with Crippen LogP contribution in [0, 0.1) is 11.7 Å². The van der Waals surface area contributed by atoms with Crippen molar-refractivity contribution in [3.05, 3.63) is 65.0 Å². The monoisotopic (exact) mass is 659 g/mol. The molecule has 0 spiro atoms. The molecular formula is C27H25F8NO5S2. The van der Waals surface area contributed by atoms with E-state index in [4.69, 9.17) is 0 Å². The summed E-state index contributed by atoms with van der Waals surface area (Å²) in [6.45, 7) is -0.180. The van der Waals surface area contributed by atoms with Crippen LogP contribution in [-0.2, 0) is 41.3 Å². The van der Waals surface area contributed by atoms with Gasteiger partial charge in [0, 0.05) is 18.0 Å². The van der Waals surface area contributed by atoms with Crippen molar-refractivity contribution >= 4 is 25.6 Å². The number of aryl methyl sites for hydroxylation is 1. The van der Waals surface area contributed by atoms with Crippen molar-refractivity contribution in [2.24, 2.45) is 5.92 Å². The van der Waals surface area contributed by atoms with Crippen LogP contribution in [0.3, 0.4) is 0 Å². The van der Waals surface area contributed by atoms with E-state index in [2.05, 4.69) is 0 Å². The van der Waals surface area contributed by atoms with Crippen molar-refractivity contribution in [1.29, 1.82) is 0 Å². The van der Waals surface area contributed by atoms with Crippen LogP contribution in [-0.4, -0.2) is 64.1 Å². The Balaban J connectivity index is 1.66. The number of rotatable bonds is 4. The zero-order valence-electron chi connectivity index (χ0n) is 22.2. The second kappa shape index (κ2) is 10.1. The Morgan fingerprint density at radius 1 is 0.907 bits per heavy atom. The first kappa shape index (κ1) is 31.7. The zero-order valence-corrected chi connectivity index (χ0v) is 23.8. The first-order valence-electron chi connectivity index (χ1n) is 13.2. The number of halogens is 8. The van der Waals surface area contributed by atoms with Crippen LogP contribution in [0.2, 0.25) is 0 Å². The van der Waals surface area contributed by atoms with E-state index in [0.29, 0.717) is 6.07 Å². The lowest BCUT2D eigenvalue weighted by Gasteiger charge is -2.43. The lowest BCUT2D eigenvalue weighted by molar-refractivity contribution is -0.348. The van der Waals surface area contributed by atoms with E-state index < -0.39 is 76.6 Å². The summed E-state index contributed by atoms with van der Waals surface area (Å²) in [7, 11) is -8.03. The fourth-order valence-corrected chi connectivity index (χ4v) is 10.6. The van der Waals surface area contributed by atoms with Crippen molar-refractivity contribution in [2.45, 2.75) is 65.8 Å². The maximum absolute atomic E-state index is 14.9. The Labute approximate surface area is 241 Å². The first-order valence-corrected chi connectivity index (χ1v) is 16.5. The van der Waals surface area contributed by atoms with Gasteiger partial charge < -0.3 is 4.90 Å². The van der Waals surface area contributed by atoms with Gasteiger partial charge in [-0.05, 0) is 61.4 Å². The average Bonchev–Trinajstić information content (AvgIpc) is 3.32. The summed E-state index contributed by atoms with van der Waals surface area (Å²) in [5.74, 6) is -2.68. The minimum absolute atomic E-state index is 0.00144. The number of carbonyl (C=O) groups is 1. The maximum Gasteiger partial charge on any atom is 0.435 e. The van der Waals surface area contributed by atoms with Crippen LogP contribution in [0.15, 0.2) is 47.4 Å². The number of benzene rings is 2. The Kier molecular flexibility index (Phi) is 7.47. The predicted octanol–water partition coefficient (Wildman–Crippen LogP) is 5.16. The van der Waals surface area contributed by atoms with Crippen molar-refractivity contribution in [3.63, 3.8) is 0 Å². The van der Waals surface area contributed by atoms with Crippen LogP contribution >= 0.6 is 0 Å². The van der Waals surface area contributed by atoms with Crippen molar-refractivity contribution in [1.82, 2.24) is 4.90 Å². The molecule has 0 radical (unpaired) electrons. The van der Waals surface area contributed by atoms with Crippen molar-refractivity contribution in [3.8, 4) is 0 Å². The molecule has 2 atom stereocenters. The third-order valence-corrected chi connectivity index (χ3v) is 13.1. The van der Waals surface area contributed by atoms with Gasteiger partial charge in [-0.2, -0.15) is 26.3 Å². The lowest BCUT2D eigenvalue weighted by Crippen LogP contribution is -2.54. The molecule has 0 saturated carbocycles. The molecule has 2 aromatic rings. The Bertz CT molecular complexity index is 1640. The second-order valence-electron chi connectivity index (χ2n) is 11.1. The average molecular weight is 660 g/mol. The van der Waals surface area contributed by atoms with Gasteiger partial charge in [-0.1, -0.05) is 24.3 Å². The van der Waals surface area contributed by atoms with Gasteiger partial charge in [0.25, 0.3) is 0 Å². The molecule has 0 aromatic heterocycles. The number of fused-ring (bicyclic) bond motifs is 3. The lowest BCUT2D eigenvalue weighted by atomic mass is 9.76. The van der Waals surface area contributed by atoms with Crippen LogP contribution in [0.5, 0.6) is 0 Å². The predicted molar refractivity (Wildman–Crippen MR) is 136 cm³/mol. The molecule has 16 heteroatoms. The highest BCUT2D eigenvalue weighted by Gasteiger charge is 2.74. The Morgan fingerprint density at radius 3 is 2.12 bits per heavy atom. The molecule has 6 nitrogen and oxygen atoms in total. The standard InChI is InChI=1S/C27H25F8NO5S2/c28-19-2-1-3-20(15-19)43(40,41)24-10-11-36(23(37)16-8-12-42(38,39)13-9-16)22(24)7-4-17-14-18(5-6-21(17)24)25(29,26(30,31)32)27(33,34)35/h1-3,5-6,14-16,22H,4,7-13H2. The normalized spacial score (nSPS) is 24.8. The Morgan fingerprint density at radius 2 is 1.53 bits per heavy atom. The Hall–Kier alpha value is -2.75. The number of nitrogens with zero attached hydrogens (tertiary/aromatic N) is 1. The highest BCUT2D eigenvalue weighted by atomic mass is 32.2. The molecule has 1 amide bonds. The molecule has 2 aliphatic heterocycles. The number of amides is 1. The van der Waals surface area contributed by atoms with Gasteiger partial charge in [0.1, 0.15) is 20.4 Å². The van der Waals surface area contributed by atoms with E-state index >= 15 is 0 Å². The third kappa shape index (κ3) is 4.82. The fourth-order valence-electron chi connectivity index (χ4n) is 6.71. The summed E-state index contributed by atoms with van der Waals surface area (Å²) in [6, 6.07) is 4.08. The summed E-state index contributed by atoms with van der Waals surface area (Å²) in [5.41, 5.74) is -7.98. The number of hydrogen-bond acceptors (Lipinski definition) is 5. The minimum atomic E-state index is -6.38. The quantitative estimate of drug-likeness (QED) is 0.424. The van der Waals surface area contributed by atoms with E-state index in [9.17, 15) is 56.8 Å². The molecule has 2 aromatic carbocycles. The number of likely N-dealkylation sites (tertiary alicyclic amines) is 1. The number of carbonyl (C=O) groups excluding carboxylic acids is 1. The smallest absolute Gasteiger partial charge is 0.337 e. The molecular weight excluding hydrogens is 634 g/mol.